The highest BCUT2D eigenvalue weighted by Crippen LogP contribution is 2.19. The van der Waals surface area contributed by atoms with Crippen LogP contribution in [0, 0.1) is 0 Å². The minimum atomic E-state index is -1.21. The summed E-state index contributed by atoms with van der Waals surface area (Å²) in [6.07, 6.45) is 5.29. The van der Waals surface area contributed by atoms with Crippen LogP contribution in [0.2, 0.25) is 0 Å². The van der Waals surface area contributed by atoms with Crippen LogP contribution >= 0.6 is 0 Å². The number of rotatable bonds is 9. The molecule has 0 aliphatic heterocycles. The van der Waals surface area contributed by atoms with E-state index in [0.29, 0.717) is 6.42 Å². The summed E-state index contributed by atoms with van der Waals surface area (Å²) in [7, 11) is 0. The van der Waals surface area contributed by atoms with Crippen LogP contribution < -0.4 is 5.32 Å². The summed E-state index contributed by atoms with van der Waals surface area (Å²) < 4.78 is 0. The number of carboxylic acid groups (broad SMARTS) is 2. The van der Waals surface area contributed by atoms with Gasteiger partial charge in [-0.2, -0.15) is 0 Å². The number of carbonyl (C=O) groups is 3. The van der Waals surface area contributed by atoms with E-state index in [-0.39, 0.29) is 22.7 Å². The van der Waals surface area contributed by atoms with Gasteiger partial charge in [-0.05, 0) is 24.6 Å². The molecule has 0 spiro atoms. The second-order valence-corrected chi connectivity index (χ2v) is 5.08. The van der Waals surface area contributed by atoms with Crippen molar-refractivity contribution in [2.45, 2.75) is 45.4 Å². The zero-order chi connectivity index (χ0) is 16.5. The van der Waals surface area contributed by atoms with Gasteiger partial charge >= 0.3 is 11.9 Å². The van der Waals surface area contributed by atoms with Gasteiger partial charge in [0.25, 0.3) is 0 Å². The molecule has 0 aliphatic rings. The largest absolute Gasteiger partial charge is 0.478 e. The summed E-state index contributed by atoms with van der Waals surface area (Å²) in [5, 5.41) is 20.5. The summed E-state index contributed by atoms with van der Waals surface area (Å²) in [5.74, 6) is -2.69. The summed E-state index contributed by atoms with van der Waals surface area (Å²) in [5.41, 5.74) is -0.168. The third kappa shape index (κ3) is 5.55. The summed E-state index contributed by atoms with van der Waals surface area (Å²) in [6, 6.07) is 3.55. The maximum absolute atomic E-state index is 11.8. The molecule has 1 amide bonds. The fraction of sp³-hybridized carbons (Fsp3) is 0.438. The molecule has 6 heteroatoms. The minimum absolute atomic E-state index is 0.0194. The van der Waals surface area contributed by atoms with Crippen molar-refractivity contribution in [1.29, 1.82) is 0 Å². The number of unbranched alkanes of at least 4 members (excludes halogenated alkanes) is 4. The van der Waals surface area contributed by atoms with Crippen molar-refractivity contribution in [2.75, 3.05) is 5.32 Å². The van der Waals surface area contributed by atoms with Gasteiger partial charge in [-0.1, -0.05) is 32.6 Å². The van der Waals surface area contributed by atoms with Gasteiger partial charge in [-0.3, -0.25) is 4.79 Å². The maximum Gasteiger partial charge on any atom is 0.337 e. The lowest BCUT2D eigenvalue weighted by molar-refractivity contribution is -0.116. The number of hydrogen-bond acceptors (Lipinski definition) is 3. The van der Waals surface area contributed by atoms with Crippen molar-refractivity contribution < 1.29 is 24.6 Å². The van der Waals surface area contributed by atoms with Crippen LogP contribution in [-0.4, -0.2) is 28.1 Å². The molecular formula is C16H21NO5. The molecule has 22 heavy (non-hydrogen) atoms. The number of nitrogens with one attached hydrogen (secondary N) is 1. The SMILES string of the molecule is CCCCCCCC(=O)Nc1cc(C(=O)O)ccc1C(=O)O. The van der Waals surface area contributed by atoms with Gasteiger partial charge in [-0.25, -0.2) is 9.59 Å². The van der Waals surface area contributed by atoms with E-state index in [1.54, 1.807) is 0 Å². The molecule has 120 valence electrons. The van der Waals surface area contributed by atoms with E-state index in [1.807, 2.05) is 0 Å². The molecule has 0 aromatic heterocycles. The van der Waals surface area contributed by atoms with Crippen LogP contribution in [0.15, 0.2) is 18.2 Å². The predicted octanol–water partition coefficient (Wildman–Crippen LogP) is 3.38. The van der Waals surface area contributed by atoms with E-state index in [1.165, 1.54) is 18.2 Å². The smallest absolute Gasteiger partial charge is 0.337 e. The molecular weight excluding hydrogens is 286 g/mol. The van der Waals surface area contributed by atoms with Gasteiger partial charge in [0, 0.05) is 6.42 Å². The van der Waals surface area contributed by atoms with E-state index < -0.39 is 11.9 Å². The van der Waals surface area contributed by atoms with Gasteiger partial charge in [0.1, 0.15) is 0 Å². The van der Waals surface area contributed by atoms with Crippen LogP contribution in [0.4, 0.5) is 5.69 Å². The number of anilines is 1. The Labute approximate surface area is 129 Å². The first-order valence-electron chi connectivity index (χ1n) is 7.36. The van der Waals surface area contributed by atoms with Crippen LogP contribution in [0.3, 0.4) is 0 Å². The Morgan fingerprint density at radius 3 is 2.27 bits per heavy atom. The van der Waals surface area contributed by atoms with Gasteiger partial charge in [-0.15, -0.1) is 0 Å². The number of carbonyl (C=O) groups excluding carboxylic acids is 1. The van der Waals surface area contributed by atoms with Gasteiger partial charge < -0.3 is 15.5 Å². The van der Waals surface area contributed by atoms with E-state index in [4.69, 9.17) is 10.2 Å². The number of carboxylic acids is 2. The van der Waals surface area contributed by atoms with Crippen LogP contribution in [0.25, 0.3) is 0 Å². The zero-order valence-electron chi connectivity index (χ0n) is 12.6. The van der Waals surface area contributed by atoms with Crippen molar-refractivity contribution in [3.63, 3.8) is 0 Å². The first-order valence-corrected chi connectivity index (χ1v) is 7.36. The minimum Gasteiger partial charge on any atom is -0.478 e. The Kier molecular flexibility index (Phi) is 7.08. The van der Waals surface area contributed by atoms with Gasteiger partial charge in [0.2, 0.25) is 5.91 Å². The molecule has 0 unspecified atom stereocenters. The molecule has 3 N–H and O–H groups in total. The Bertz CT molecular complexity index is 553. The molecule has 1 aromatic rings. The second-order valence-electron chi connectivity index (χ2n) is 5.08. The maximum atomic E-state index is 11.8. The summed E-state index contributed by atoms with van der Waals surface area (Å²) in [4.78, 5) is 33.9. The molecule has 0 saturated heterocycles. The monoisotopic (exact) mass is 307 g/mol. The normalized spacial score (nSPS) is 10.2. The van der Waals surface area contributed by atoms with Gasteiger partial charge in [0.15, 0.2) is 0 Å². The third-order valence-electron chi connectivity index (χ3n) is 3.28. The Morgan fingerprint density at radius 2 is 1.68 bits per heavy atom. The molecule has 6 nitrogen and oxygen atoms in total. The lowest BCUT2D eigenvalue weighted by Crippen LogP contribution is -2.15. The number of amides is 1. The van der Waals surface area contributed by atoms with Crippen molar-refractivity contribution in [3.8, 4) is 0 Å². The lowest BCUT2D eigenvalue weighted by atomic mass is 10.1. The molecule has 0 fully saturated rings. The molecule has 0 atom stereocenters. The van der Waals surface area contributed by atoms with E-state index in [0.717, 1.165) is 32.1 Å². The average molecular weight is 307 g/mol. The molecule has 0 saturated carbocycles. The van der Waals surface area contributed by atoms with Crippen molar-refractivity contribution in [1.82, 2.24) is 0 Å². The van der Waals surface area contributed by atoms with Crippen LogP contribution in [-0.2, 0) is 4.79 Å². The molecule has 0 bridgehead atoms. The lowest BCUT2D eigenvalue weighted by Gasteiger charge is -2.09. The molecule has 0 radical (unpaired) electrons. The fourth-order valence-electron chi connectivity index (χ4n) is 2.07. The third-order valence-corrected chi connectivity index (χ3v) is 3.28. The van der Waals surface area contributed by atoms with Crippen LogP contribution in [0.1, 0.15) is 66.2 Å². The Balaban J connectivity index is 2.69. The zero-order valence-corrected chi connectivity index (χ0v) is 12.6. The molecule has 1 aromatic carbocycles. The first kappa shape index (κ1) is 17.7. The van der Waals surface area contributed by atoms with Crippen LogP contribution in [0.5, 0.6) is 0 Å². The van der Waals surface area contributed by atoms with Crippen molar-refractivity contribution >= 4 is 23.5 Å². The van der Waals surface area contributed by atoms with Gasteiger partial charge in [0.05, 0.1) is 16.8 Å². The van der Waals surface area contributed by atoms with Crippen molar-refractivity contribution in [2.24, 2.45) is 0 Å². The highest BCUT2D eigenvalue weighted by atomic mass is 16.4. The van der Waals surface area contributed by atoms with E-state index in [9.17, 15) is 14.4 Å². The number of benzene rings is 1. The average Bonchev–Trinajstić information content (AvgIpc) is 2.46. The Hall–Kier alpha value is -2.37. The van der Waals surface area contributed by atoms with E-state index in [2.05, 4.69) is 12.2 Å². The second kappa shape index (κ2) is 8.81. The topological polar surface area (TPSA) is 104 Å². The molecule has 0 heterocycles. The number of hydrogen-bond donors (Lipinski definition) is 3. The standard InChI is InChI=1S/C16H21NO5/c1-2-3-4-5-6-7-14(18)17-13-10-11(15(19)20)8-9-12(13)16(21)22/h8-10H,2-7H2,1H3,(H,17,18)(H,19,20)(H,21,22). The fourth-order valence-corrected chi connectivity index (χ4v) is 2.07. The highest BCUT2D eigenvalue weighted by Gasteiger charge is 2.15. The first-order chi connectivity index (χ1) is 10.5. The predicted molar refractivity (Wildman–Crippen MR) is 82.4 cm³/mol. The molecule has 1 rings (SSSR count). The molecule has 0 aliphatic carbocycles. The Morgan fingerprint density at radius 1 is 1.00 bits per heavy atom. The number of aromatic carboxylic acids is 2. The summed E-state index contributed by atoms with van der Waals surface area (Å²) >= 11 is 0. The highest BCUT2D eigenvalue weighted by molar-refractivity contribution is 6.02. The quantitative estimate of drug-likeness (QED) is 0.607. The van der Waals surface area contributed by atoms with Crippen molar-refractivity contribution in [3.05, 3.63) is 29.3 Å². The van der Waals surface area contributed by atoms with E-state index >= 15 is 0 Å². The summed E-state index contributed by atoms with van der Waals surface area (Å²) in [6.45, 7) is 2.11.